The summed E-state index contributed by atoms with van der Waals surface area (Å²) in [5.74, 6) is 2.29. The molecule has 3 rings (SSSR count). The maximum absolute atomic E-state index is 11.0. The second kappa shape index (κ2) is 13.6. The fourth-order valence-corrected chi connectivity index (χ4v) is 4.75. The van der Waals surface area contributed by atoms with Gasteiger partial charge in [-0.25, -0.2) is 0 Å². The van der Waals surface area contributed by atoms with E-state index in [9.17, 15) is 10.2 Å². The number of likely N-dealkylation sites (tertiary alicyclic amines) is 1. The molecule has 1 aromatic carbocycles. The highest BCUT2D eigenvalue weighted by atomic mass is 16.3. The van der Waals surface area contributed by atoms with Gasteiger partial charge in [-0.2, -0.15) is 0 Å². The van der Waals surface area contributed by atoms with Crippen LogP contribution in [0.3, 0.4) is 0 Å². The van der Waals surface area contributed by atoms with E-state index in [4.69, 9.17) is 0 Å². The summed E-state index contributed by atoms with van der Waals surface area (Å²) in [6, 6.07) is 1.85. The van der Waals surface area contributed by atoms with Crippen LogP contribution < -0.4 is 0 Å². The molecule has 31 heavy (non-hydrogen) atoms. The van der Waals surface area contributed by atoms with Gasteiger partial charge in [0, 0.05) is 23.6 Å². The minimum absolute atomic E-state index is 0.134. The third-order valence-corrected chi connectivity index (χ3v) is 6.55. The first-order valence-corrected chi connectivity index (χ1v) is 12.3. The smallest absolute Gasteiger partial charge is 0.127 e. The van der Waals surface area contributed by atoms with E-state index in [2.05, 4.69) is 38.3 Å². The molecule has 0 aromatic heterocycles. The highest BCUT2D eigenvalue weighted by Crippen LogP contribution is 2.44. The Hall–Kier alpha value is -1.74. The van der Waals surface area contributed by atoms with Crippen molar-refractivity contribution in [2.24, 2.45) is 11.8 Å². The fourth-order valence-electron chi connectivity index (χ4n) is 4.75. The molecule has 1 heterocycles. The lowest BCUT2D eigenvalue weighted by Gasteiger charge is -2.34. The Balaban J connectivity index is 0.000000884. The Bertz CT molecular complexity index is 712. The maximum Gasteiger partial charge on any atom is 0.127 e. The number of hydrogen-bond acceptors (Lipinski definition) is 3. The van der Waals surface area contributed by atoms with Crippen LogP contribution in [0.15, 0.2) is 30.4 Å². The second-order valence-electron chi connectivity index (χ2n) is 9.23. The van der Waals surface area contributed by atoms with Crippen LogP contribution >= 0.6 is 0 Å². The van der Waals surface area contributed by atoms with Crippen LogP contribution in [0.5, 0.6) is 11.5 Å². The molecule has 3 nitrogen and oxygen atoms in total. The average molecular weight is 430 g/mol. The van der Waals surface area contributed by atoms with Gasteiger partial charge in [0.15, 0.2) is 0 Å². The predicted octanol–water partition coefficient (Wildman–Crippen LogP) is 7.71. The van der Waals surface area contributed by atoms with Gasteiger partial charge in [0.1, 0.15) is 11.5 Å². The van der Waals surface area contributed by atoms with Crippen molar-refractivity contribution in [2.75, 3.05) is 13.1 Å². The van der Waals surface area contributed by atoms with Gasteiger partial charge in [-0.05, 0) is 89.4 Å². The van der Waals surface area contributed by atoms with E-state index in [-0.39, 0.29) is 11.7 Å². The zero-order valence-corrected chi connectivity index (χ0v) is 21.2. The lowest BCUT2D eigenvalue weighted by molar-refractivity contribution is 0.150. The van der Waals surface area contributed by atoms with E-state index < -0.39 is 0 Å². The second-order valence-corrected chi connectivity index (χ2v) is 9.23. The van der Waals surface area contributed by atoms with Crippen LogP contribution in [0.1, 0.15) is 96.3 Å². The molecule has 0 radical (unpaired) electrons. The normalized spacial score (nSPS) is 19.6. The number of rotatable bonds is 4. The van der Waals surface area contributed by atoms with Crippen molar-refractivity contribution in [1.82, 2.24) is 4.90 Å². The summed E-state index contributed by atoms with van der Waals surface area (Å²) in [7, 11) is 0. The summed E-state index contributed by atoms with van der Waals surface area (Å²) >= 11 is 0. The Labute approximate surface area is 191 Å². The molecule has 0 amide bonds. The summed E-state index contributed by atoms with van der Waals surface area (Å²) in [6.07, 6.45) is 9.71. The van der Waals surface area contributed by atoms with Crippen LogP contribution in [0.2, 0.25) is 0 Å². The van der Waals surface area contributed by atoms with Crippen LogP contribution in [-0.2, 0) is 6.54 Å². The van der Waals surface area contributed by atoms with Gasteiger partial charge in [0.2, 0.25) is 0 Å². The molecule has 2 N–H and O–H groups in total. The molecule has 3 heteroatoms. The molecule has 0 spiro atoms. The molecule has 1 atom stereocenters. The summed E-state index contributed by atoms with van der Waals surface area (Å²) < 4.78 is 0. The standard InChI is InChI=1S/C23H35NO2.C3H6.C2H6/c1-15(2)18-8-10-24(11-9-18)14-20-17(4)13-21(25)22(23(20)26)19-7-5-6-16(3)12-19;1-3-2;1-2/h12-13,15,18-19,25-26H,5-11,14H2,1-4H3;3H,1H2,2H3;1-2H3. The van der Waals surface area contributed by atoms with Gasteiger partial charge in [0.25, 0.3) is 0 Å². The maximum atomic E-state index is 11.0. The van der Waals surface area contributed by atoms with E-state index in [1.54, 1.807) is 6.08 Å². The predicted molar refractivity (Wildman–Crippen MR) is 135 cm³/mol. The number of phenolic OH excluding ortho intramolecular Hbond substituents is 2. The lowest BCUT2D eigenvalue weighted by Crippen LogP contribution is -2.35. The SMILES string of the molecule is C=CC.CC.CC1=CC(c2c(O)cc(C)c(CN3CCC(C(C)C)CC3)c2O)CCC1. The number of nitrogens with zero attached hydrogens (tertiary/aromatic N) is 1. The first-order valence-electron chi connectivity index (χ1n) is 12.3. The van der Waals surface area contributed by atoms with E-state index in [1.165, 1.54) is 18.4 Å². The van der Waals surface area contributed by atoms with E-state index >= 15 is 0 Å². The Morgan fingerprint density at radius 1 is 1.13 bits per heavy atom. The molecule has 1 aliphatic carbocycles. The largest absolute Gasteiger partial charge is 0.507 e. The van der Waals surface area contributed by atoms with Crippen molar-refractivity contribution in [3.63, 3.8) is 0 Å². The van der Waals surface area contributed by atoms with Gasteiger partial charge >= 0.3 is 0 Å². The Kier molecular flexibility index (Phi) is 12.0. The van der Waals surface area contributed by atoms with Gasteiger partial charge < -0.3 is 10.2 Å². The Morgan fingerprint density at radius 3 is 2.23 bits per heavy atom. The number of phenols is 2. The summed E-state index contributed by atoms with van der Waals surface area (Å²) in [5, 5.41) is 21.6. The molecule has 0 bridgehead atoms. The molecule has 2 aliphatic rings. The molecule has 1 aromatic rings. The molecular formula is C28H47NO2. The third-order valence-electron chi connectivity index (χ3n) is 6.55. The zero-order chi connectivity index (χ0) is 23.6. The van der Waals surface area contributed by atoms with Crippen LogP contribution in [0.25, 0.3) is 0 Å². The minimum atomic E-state index is 0.134. The number of hydrogen-bond donors (Lipinski definition) is 2. The van der Waals surface area contributed by atoms with Gasteiger partial charge in [-0.1, -0.05) is 45.4 Å². The highest BCUT2D eigenvalue weighted by Gasteiger charge is 2.26. The Morgan fingerprint density at radius 2 is 1.71 bits per heavy atom. The van der Waals surface area contributed by atoms with Gasteiger partial charge in [-0.15, -0.1) is 6.58 Å². The van der Waals surface area contributed by atoms with Crippen molar-refractivity contribution in [2.45, 2.75) is 93.0 Å². The van der Waals surface area contributed by atoms with Crippen molar-refractivity contribution < 1.29 is 10.2 Å². The van der Waals surface area contributed by atoms with Crippen LogP contribution in [0, 0.1) is 18.8 Å². The molecule has 1 saturated heterocycles. The van der Waals surface area contributed by atoms with Crippen molar-refractivity contribution in [3.05, 3.63) is 47.1 Å². The lowest BCUT2D eigenvalue weighted by atomic mass is 9.83. The minimum Gasteiger partial charge on any atom is -0.507 e. The first kappa shape index (κ1) is 27.3. The summed E-state index contributed by atoms with van der Waals surface area (Å²) in [5.41, 5.74) is 4.09. The molecule has 0 saturated carbocycles. The van der Waals surface area contributed by atoms with E-state index in [0.29, 0.717) is 5.75 Å². The summed E-state index contributed by atoms with van der Waals surface area (Å²) in [6.45, 7) is 21.0. The average Bonchev–Trinajstić information content (AvgIpc) is 2.73. The number of aryl methyl sites for hydroxylation is 1. The van der Waals surface area contributed by atoms with Crippen LogP contribution in [0.4, 0.5) is 0 Å². The van der Waals surface area contributed by atoms with Crippen molar-refractivity contribution >= 4 is 0 Å². The molecular weight excluding hydrogens is 382 g/mol. The highest BCUT2D eigenvalue weighted by molar-refractivity contribution is 5.55. The van der Waals surface area contributed by atoms with Crippen LogP contribution in [-0.4, -0.2) is 28.2 Å². The zero-order valence-electron chi connectivity index (χ0n) is 21.2. The number of benzene rings is 1. The molecule has 1 unspecified atom stereocenters. The number of aromatic hydroxyl groups is 2. The molecule has 176 valence electrons. The monoisotopic (exact) mass is 429 g/mol. The van der Waals surface area contributed by atoms with Crippen molar-refractivity contribution in [1.29, 1.82) is 0 Å². The summed E-state index contributed by atoms with van der Waals surface area (Å²) in [4.78, 5) is 2.46. The van der Waals surface area contributed by atoms with Gasteiger partial charge in [0.05, 0.1) is 0 Å². The topological polar surface area (TPSA) is 43.7 Å². The van der Waals surface area contributed by atoms with E-state index in [1.807, 2.05) is 33.8 Å². The molecule has 1 fully saturated rings. The third kappa shape index (κ3) is 7.71. The van der Waals surface area contributed by atoms with E-state index in [0.717, 1.165) is 67.4 Å². The van der Waals surface area contributed by atoms with Crippen molar-refractivity contribution in [3.8, 4) is 11.5 Å². The molecule has 1 aliphatic heterocycles. The number of piperidine rings is 1. The number of allylic oxidation sites excluding steroid dienone is 3. The quantitative estimate of drug-likeness (QED) is 0.482. The van der Waals surface area contributed by atoms with Gasteiger partial charge in [-0.3, -0.25) is 4.90 Å². The first-order chi connectivity index (χ1) is 14.8. The fraction of sp³-hybridized carbons (Fsp3) is 0.643.